The molecule has 3 rings (SSSR count). The molecule has 1 atom stereocenters. The topological polar surface area (TPSA) is 80.6 Å². The van der Waals surface area contributed by atoms with E-state index in [1.807, 2.05) is 25.1 Å². The summed E-state index contributed by atoms with van der Waals surface area (Å²) in [5.41, 5.74) is 2.61. The zero-order chi connectivity index (χ0) is 19.6. The van der Waals surface area contributed by atoms with Gasteiger partial charge in [0.25, 0.3) is 5.91 Å². The van der Waals surface area contributed by atoms with Gasteiger partial charge in [-0.3, -0.25) is 4.79 Å². The van der Waals surface area contributed by atoms with Crippen molar-refractivity contribution in [1.29, 1.82) is 0 Å². The average molecular weight is 370 g/mol. The molecule has 0 spiro atoms. The van der Waals surface area contributed by atoms with E-state index in [0.717, 1.165) is 35.5 Å². The number of nitrogens with zero attached hydrogens (tertiary/aromatic N) is 1. The van der Waals surface area contributed by atoms with Crippen molar-refractivity contribution in [2.24, 2.45) is 0 Å². The van der Waals surface area contributed by atoms with Gasteiger partial charge in [-0.25, -0.2) is 4.79 Å². The van der Waals surface area contributed by atoms with Gasteiger partial charge < -0.3 is 19.7 Å². The minimum atomic E-state index is -1.03. The number of aromatic nitrogens is 1. The molecule has 1 fully saturated rings. The lowest BCUT2D eigenvalue weighted by atomic mass is 10.1. The number of hydrogen-bond donors (Lipinski definition) is 2. The molecule has 1 heterocycles. The maximum absolute atomic E-state index is 13.0. The number of carbonyl (C=O) groups excluding carboxylic acids is 1. The molecule has 1 amide bonds. The molecule has 1 aromatic heterocycles. The number of rotatable bonds is 6. The molecule has 27 heavy (non-hydrogen) atoms. The highest BCUT2D eigenvalue weighted by Crippen LogP contribution is 2.38. The van der Waals surface area contributed by atoms with Crippen LogP contribution in [0.2, 0.25) is 0 Å². The van der Waals surface area contributed by atoms with Gasteiger partial charge in [0.05, 0.1) is 12.7 Å². The van der Waals surface area contributed by atoms with E-state index in [0.29, 0.717) is 17.4 Å². The lowest BCUT2D eigenvalue weighted by Gasteiger charge is -2.16. The number of ether oxygens (including phenoxy) is 1. The third-order valence-corrected chi connectivity index (χ3v) is 5.26. The highest BCUT2D eigenvalue weighted by molar-refractivity contribution is 6.09. The predicted molar refractivity (Wildman–Crippen MR) is 104 cm³/mol. The molecule has 1 aromatic carbocycles. The molecule has 0 aliphatic heterocycles. The van der Waals surface area contributed by atoms with E-state index in [1.165, 1.54) is 18.9 Å². The fourth-order valence-electron chi connectivity index (χ4n) is 4.02. The molecule has 2 N–H and O–H groups in total. The Labute approximate surface area is 158 Å². The van der Waals surface area contributed by atoms with Crippen LogP contribution in [-0.4, -0.2) is 34.7 Å². The third-order valence-electron chi connectivity index (χ3n) is 5.26. The van der Waals surface area contributed by atoms with Crippen LogP contribution in [0.4, 0.5) is 0 Å². The smallest absolute Gasteiger partial charge is 0.328 e. The molecule has 1 unspecified atom stereocenters. The summed E-state index contributed by atoms with van der Waals surface area (Å²) in [5, 5.41) is 12.5. The maximum atomic E-state index is 13.0. The Morgan fingerprint density at radius 3 is 2.67 bits per heavy atom. The monoisotopic (exact) mass is 370 g/mol. The van der Waals surface area contributed by atoms with Crippen LogP contribution >= 0.6 is 0 Å². The lowest BCUT2D eigenvalue weighted by molar-refractivity contribution is -0.131. The molecule has 0 radical (unpaired) electrons. The number of fused-ring (bicyclic) bond motifs is 1. The maximum Gasteiger partial charge on any atom is 0.328 e. The molecule has 1 aliphatic carbocycles. The summed E-state index contributed by atoms with van der Waals surface area (Å²) in [6.45, 7) is 3.74. The minimum Gasteiger partial charge on any atom is -0.497 e. The highest BCUT2D eigenvalue weighted by Gasteiger charge is 2.26. The van der Waals surface area contributed by atoms with Gasteiger partial charge in [0.1, 0.15) is 5.75 Å². The number of methoxy groups -OCH3 is 1. The Hall–Kier alpha value is -2.76. The molecule has 144 valence electrons. The van der Waals surface area contributed by atoms with Crippen LogP contribution in [0.5, 0.6) is 5.75 Å². The van der Waals surface area contributed by atoms with Gasteiger partial charge in [-0.1, -0.05) is 18.9 Å². The van der Waals surface area contributed by atoms with Gasteiger partial charge >= 0.3 is 5.97 Å². The number of carbonyl (C=O) groups is 2. The zero-order valence-corrected chi connectivity index (χ0v) is 16.0. The normalized spacial score (nSPS) is 16.1. The van der Waals surface area contributed by atoms with Crippen LogP contribution in [0.15, 0.2) is 30.4 Å². The summed E-state index contributed by atoms with van der Waals surface area (Å²) < 4.78 is 7.65. The first-order chi connectivity index (χ1) is 12.9. The second-order valence-electron chi connectivity index (χ2n) is 7.11. The van der Waals surface area contributed by atoms with Crippen molar-refractivity contribution in [3.63, 3.8) is 0 Å². The molecular weight excluding hydrogens is 344 g/mol. The van der Waals surface area contributed by atoms with Gasteiger partial charge in [-0.15, -0.1) is 0 Å². The summed E-state index contributed by atoms with van der Waals surface area (Å²) in [6.07, 6.45) is 7.16. The van der Waals surface area contributed by atoms with E-state index < -0.39 is 5.97 Å². The van der Waals surface area contributed by atoms with Crippen molar-refractivity contribution in [3.8, 4) is 5.75 Å². The van der Waals surface area contributed by atoms with Gasteiger partial charge in [0.15, 0.2) is 0 Å². The van der Waals surface area contributed by atoms with Crippen LogP contribution in [0.25, 0.3) is 10.9 Å². The predicted octanol–water partition coefficient (Wildman–Crippen LogP) is 3.83. The molecule has 6 nitrogen and oxygen atoms in total. The second-order valence-corrected chi connectivity index (χ2v) is 7.11. The standard InChI is InChI=1S/C21H26N2O4/c1-13(8-11-19(24)25)22-21(26)20-14(2)23(15-6-4-5-7-15)18-10-9-16(27-3)12-17(18)20/h8-13,15H,4-7H2,1-3H3,(H,22,26)(H,24,25)/b11-8+. The Morgan fingerprint density at radius 1 is 1.33 bits per heavy atom. The highest BCUT2D eigenvalue weighted by atomic mass is 16.5. The number of amides is 1. The summed E-state index contributed by atoms with van der Waals surface area (Å²) in [4.78, 5) is 23.7. The Morgan fingerprint density at radius 2 is 2.04 bits per heavy atom. The fourth-order valence-corrected chi connectivity index (χ4v) is 4.02. The SMILES string of the molecule is COc1ccc2c(c1)c(C(=O)NC(C)/C=C/C(=O)O)c(C)n2C1CCCC1. The van der Waals surface area contributed by atoms with Gasteiger partial charge in [-0.2, -0.15) is 0 Å². The Kier molecular flexibility index (Phi) is 5.54. The number of carboxylic acid groups (broad SMARTS) is 1. The van der Waals surface area contributed by atoms with Crippen molar-refractivity contribution in [3.05, 3.63) is 41.6 Å². The van der Waals surface area contributed by atoms with Crippen LogP contribution in [0, 0.1) is 6.92 Å². The fraction of sp³-hybridized carbons (Fsp3) is 0.429. The number of carboxylic acids is 1. The van der Waals surface area contributed by atoms with E-state index in [2.05, 4.69) is 9.88 Å². The van der Waals surface area contributed by atoms with Crippen molar-refractivity contribution >= 4 is 22.8 Å². The Bertz CT molecular complexity index is 891. The van der Waals surface area contributed by atoms with Crippen molar-refractivity contribution in [2.75, 3.05) is 7.11 Å². The van der Waals surface area contributed by atoms with Gasteiger partial charge in [-0.05, 0) is 44.9 Å². The molecule has 2 aromatic rings. The van der Waals surface area contributed by atoms with Crippen molar-refractivity contribution in [1.82, 2.24) is 9.88 Å². The van der Waals surface area contributed by atoms with Gasteiger partial charge in [0.2, 0.25) is 0 Å². The van der Waals surface area contributed by atoms with E-state index >= 15 is 0 Å². The summed E-state index contributed by atoms with van der Waals surface area (Å²) in [5.74, 6) is -0.529. The van der Waals surface area contributed by atoms with Crippen LogP contribution in [-0.2, 0) is 4.79 Å². The quantitative estimate of drug-likeness (QED) is 0.757. The first kappa shape index (κ1) is 19.0. The number of benzene rings is 1. The van der Waals surface area contributed by atoms with Crippen molar-refractivity contribution < 1.29 is 19.4 Å². The van der Waals surface area contributed by atoms with E-state index in [4.69, 9.17) is 9.84 Å². The second kappa shape index (κ2) is 7.86. The summed E-state index contributed by atoms with van der Waals surface area (Å²) in [7, 11) is 1.61. The first-order valence-corrected chi connectivity index (χ1v) is 9.33. The number of aliphatic carboxylic acids is 1. The van der Waals surface area contributed by atoms with Gasteiger partial charge in [0, 0.05) is 34.8 Å². The lowest BCUT2D eigenvalue weighted by Crippen LogP contribution is -2.31. The van der Waals surface area contributed by atoms with E-state index in [1.54, 1.807) is 14.0 Å². The summed E-state index contributed by atoms with van der Waals surface area (Å²) >= 11 is 0. The van der Waals surface area contributed by atoms with Crippen LogP contribution in [0.1, 0.15) is 54.7 Å². The molecule has 1 aliphatic rings. The third kappa shape index (κ3) is 3.84. The minimum absolute atomic E-state index is 0.204. The average Bonchev–Trinajstić information content (AvgIpc) is 3.24. The van der Waals surface area contributed by atoms with Crippen LogP contribution < -0.4 is 10.1 Å². The largest absolute Gasteiger partial charge is 0.497 e. The number of hydrogen-bond acceptors (Lipinski definition) is 3. The molecule has 0 saturated heterocycles. The first-order valence-electron chi connectivity index (χ1n) is 9.33. The zero-order valence-electron chi connectivity index (χ0n) is 16.0. The molecule has 6 heteroatoms. The number of nitrogens with one attached hydrogen (secondary N) is 1. The molecule has 0 bridgehead atoms. The van der Waals surface area contributed by atoms with E-state index in [-0.39, 0.29) is 11.9 Å². The summed E-state index contributed by atoms with van der Waals surface area (Å²) in [6, 6.07) is 5.87. The molecule has 1 saturated carbocycles. The molecular formula is C21H26N2O4. The Balaban J connectivity index is 2.03. The van der Waals surface area contributed by atoms with Crippen molar-refractivity contribution in [2.45, 2.75) is 51.6 Å². The van der Waals surface area contributed by atoms with Crippen LogP contribution in [0.3, 0.4) is 0 Å². The van der Waals surface area contributed by atoms with E-state index in [9.17, 15) is 9.59 Å².